The van der Waals surface area contributed by atoms with Gasteiger partial charge in [0, 0.05) is 17.4 Å². The zero-order valence-electron chi connectivity index (χ0n) is 15.5. The maximum Gasteiger partial charge on any atom is 0.242 e. The van der Waals surface area contributed by atoms with Gasteiger partial charge in [0.05, 0.1) is 22.2 Å². The predicted molar refractivity (Wildman–Crippen MR) is 111 cm³/mol. The van der Waals surface area contributed by atoms with E-state index in [1.165, 1.54) is 30.8 Å². The molecule has 2 N–H and O–H groups in total. The van der Waals surface area contributed by atoms with Crippen LogP contribution in [0.1, 0.15) is 12.8 Å². The summed E-state index contributed by atoms with van der Waals surface area (Å²) in [4.78, 5) is 16.3. The second-order valence-electron chi connectivity index (χ2n) is 5.86. The van der Waals surface area contributed by atoms with E-state index in [0.29, 0.717) is 16.3 Å². The number of nitrogens with zero attached hydrogens (tertiary/aromatic N) is 2. The Kier molecular flexibility index (Phi) is 6.58. The highest BCUT2D eigenvalue weighted by Gasteiger charge is 2.19. The van der Waals surface area contributed by atoms with Crippen molar-refractivity contribution in [3.05, 3.63) is 53.4 Å². The van der Waals surface area contributed by atoms with E-state index in [0.717, 1.165) is 4.90 Å². The molecule has 1 heterocycles. The van der Waals surface area contributed by atoms with E-state index in [4.69, 9.17) is 16.1 Å². The predicted octanol–water partition coefficient (Wildman–Crippen LogP) is 3.55. The van der Waals surface area contributed by atoms with Gasteiger partial charge in [-0.15, -0.1) is 11.8 Å². The summed E-state index contributed by atoms with van der Waals surface area (Å²) in [6, 6.07) is 11.5. The van der Waals surface area contributed by atoms with Crippen LogP contribution in [0.2, 0.25) is 5.02 Å². The molecule has 0 unspecified atom stereocenters. The molecule has 8 nitrogen and oxygen atoms in total. The van der Waals surface area contributed by atoms with Crippen molar-refractivity contribution in [2.75, 3.05) is 11.6 Å². The molecular formula is C18H17ClN4O4S2. The zero-order chi connectivity index (χ0) is 21.0. The highest BCUT2D eigenvalue weighted by Crippen LogP contribution is 2.28. The van der Waals surface area contributed by atoms with Gasteiger partial charge < -0.3 is 9.84 Å². The van der Waals surface area contributed by atoms with E-state index in [-0.39, 0.29) is 29.1 Å². The first-order chi connectivity index (χ1) is 13.8. The summed E-state index contributed by atoms with van der Waals surface area (Å²) in [5.41, 5.74) is 1.01. The van der Waals surface area contributed by atoms with Crippen molar-refractivity contribution in [1.82, 2.24) is 14.9 Å². The molecule has 29 heavy (non-hydrogen) atoms. The van der Waals surface area contributed by atoms with Crippen LogP contribution in [0.15, 0.2) is 56.8 Å². The summed E-state index contributed by atoms with van der Waals surface area (Å²) in [6.07, 6.45) is 1.83. The fourth-order valence-electron chi connectivity index (χ4n) is 2.46. The number of benzene rings is 2. The second kappa shape index (κ2) is 8.95. The molecule has 11 heteroatoms. The number of nitrogens with one attached hydrogen (secondary N) is 2. The Balaban J connectivity index is 1.77. The van der Waals surface area contributed by atoms with Crippen molar-refractivity contribution in [3.63, 3.8) is 0 Å². The van der Waals surface area contributed by atoms with Gasteiger partial charge in [-0.25, -0.2) is 13.1 Å². The first kappa shape index (κ1) is 21.3. The molecule has 0 spiro atoms. The lowest BCUT2D eigenvalue weighted by molar-refractivity contribution is -0.114. The van der Waals surface area contributed by atoms with E-state index in [1.807, 2.05) is 6.26 Å². The minimum atomic E-state index is -3.87. The van der Waals surface area contributed by atoms with E-state index in [1.54, 1.807) is 30.3 Å². The molecule has 0 aliphatic heterocycles. The smallest absolute Gasteiger partial charge is 0.242 e. The Hall–Kier alpha value is -2.40. The number of rotatable bonds is 7. The fraction of sp³-hybridized carbons (Fsp3) is 0.167. The van der Waals surface area contributed by atoms with Crippen LogP contribution < -0.4 is 10.0 Å². The molecule has 0 bridgehead atoms. The highest BCUT2D eigenvalue weighted by molar-refractivity contribution is 7.98. The standard InChI is InChI=1S/C18H17ClN4O4S2/c1-11(24)21-15-9-12(7-8-16(15)28-2)29(25,26)20-10-17-22-18(23-27-17)13-5-3-4-6-14(13)19/h3-9,20H,10H2,1-2H3,(H,21,24). The summed E-state index contributed by atoms with van der Waals surface area (Å²) in [7, 11) is -3.87. The Morgan fingerprint density at radius 3 is 2.69 bits per heavy atom. The molecule has 0 atom stereocenters. The topological polar surface area (TPSA) is 114 Å². The zero-order valence-corrected chi connectivity index (χ0v) is 17.9. The number of aromatic nitrogens is 2. The number of anilines is 1. The summed E-state index contributed by atoms with van der Waals surface area (Å²) < 4.78 is 32.8. The Morgan fingerprint density at radius 1 is 1.24 bits per heavy atom. The molecule has 152 valence electrons. The summed E-state index contributed by atoms with van der Waals surface area (Å²) in [5.74, 6) is 0.0640. The lowest BCUT2D eigenvalue weighted by Crippen LogP contribution is -2.23. The van der Waals surface area contributed by atoms with Gasteiger partial charge in [0.25, 0.3) is 0 Å². The fourth-order valence-corrected chi connectivity index (χ4v) is 4.21. The lowest BCUT2D eigenvalue weighted by Gasteiger charge is -2.11. The molecule has 2 aromatic carbocycles. The van der Waals surface area contributed by atoms with Crippen molar-refractivity contribution in [2.45, 2.75) is 23.3 Å². The van der Waals surface area contributed by atoms with Gasteiger partial charge in [0.15, 0.2) is 0 Å². The SMILES string of the molecule is CSc1ccc(S(=O)(=O)NCc2nc(-c3ccccc3Cl)no2)cc1NC(C)=O. The van der Waals surface area contributed by atoms with E-state index >= 15 is 0 Å². The van der Waals surface area contributed by atoms with Gasteiger partial charge >= 0.3 is 0 Å². The van der Waals surface area contributed by atoms with E-state index in [9.17, 15) is 13.2 Å². The maximum atomic E-state index is 12.6. The molecule has 1 aromatic heterocycles. The quantitative estimate of drug-likeness (QED) is 0.527. The van der Waals surface area contributed by atoms with Gasteiger partial charge in [-0.2, -0.15) is 4.98 Å². The third-order valence-electron chi connectivity index (χ3n) is 3.79. The van der Waals surface area contributed by atoms with Crippen molar-refractivity contribution in [1.29, 1.82) is 0 Å². The van der Waals surface area contributed by atoms with Crippen molar-refractivity contribution >= 4 is 45.0 Å². The van der Waals surface area contributed by atoms with Gasteiger partial charge in [0.2, 0.25) is 27.6 Å². The Bertz CT molecular complexity index is 1150. The van der Waals surface area contributed by atoms with Crippen LogP contribution in [-0.4, -0.2) is 30.7 Å². The average molecular weight is 453 g/mol. The number of sulfonamides is 1. The van der Waals surface area contributed by atoms with Gasteiger partial charge in [0.1, 0.15) is 0 Å². The molecule has 3 aromatic rings. The molecule has 3 rings (SSSR count). The van der Waals surface area contributed by atoms with E-state index in [2.05, 4.69) is 20.2 Å². The van der Waals surface area contributed by atoms with Crippen LogP contribution >= 0.6 is 23.4 Å². The largest absolute Gasteiger partial charge is 0.338 e. The highest BCUT2D eigenvalue weighted by atomic mass is 35.5. The summed E-state index contributed by atoms with van der Waals surface area (Å²) >= 11 is 7.50. The maximum absolute atomic E-state index is 12.6. The molecular weight excluding hydrogens is 436 g/mol. The number of carbonyl (C=O) groups is 1. The van der Waals surface area contributed by atoms with Crippen LogP contribution in [-0.2, 0) is 21.4 Å². The number of carbonyl (C=O) groups excluding carboxylic acids is 1. The molecule has 0 saturated heterocycles. The minimum Gasteiger partial charge on any atom is -0.338 e. The van der Waals surface area contributed by atoms with E-state index < -0.39 is 10.0 Å². The second-order valence-corrected chi connectivity index (χ2v) is 8.88. The van der Waals surface area contributed by atoms with Crippen LogP contribution in [0.5, 0.6) is 0 Å². The van der Waals surface area contributed by atoms with Crippen molar-refractivity contribution in [2.24, 2.45) is 0 Å². The summed E-state index contributed by atoms with van der Waals surface area (Å²) in [6.45, 7) is 1.16. The lowest BCUT2D eigenvalue weighted by atomic mass is 10.2. The third kappa shape index (κ3) is 5.15. The molecule has 1 amide bonds. The number of amides is 1. The monoisotopic (exact) mass is 452 g/mol. The Labute approximate surface area is 177 Å². The number of hydrogen-bond donors (Lipinski definition) is 2. The van der Waals surface area contributed by atoms with Gasteiger partial charge in [-0.05, 0) is 36.6 Å². The van der Waals surface area contributed by atoms with Gasteiger partial charge in [-0.1, -0.05) is 28.9 Å². The molecule has 0 saturated carbocycles. The molecule has 0 aliphatic carbocycles. The van der Waals surface area contributed by atoms with Crippen LogP contribution in [0.3, 0.4) is 0 Å². The van der Waals surface area contributed by atoms with Crippen molar-refractivity contribution < 1.29 is 17.7 Å². The normalized spacial score (nSPS) is 11.4. The molecule has 0 aliphatic rings. The van der Waals surface area contributed by atoms with Crippen LogP contribution in [0.4, 0.5) is 5.69 Å². The van der Waals surface area contributed by atoms with Crippen LogP contribution in [0, 0.1) is 0 Å². The molecule has 0 fully saturated rings. The third-order valence-corrected chi connectivity index (χ3v) is 6.31. The first-order valence-electron chi connectivity index (χ1n) is 8.33. The first-order valence-corrected chi connectivity index (χ1v) is 11.4. The molecule has 0 radical (unpaired) electrons. The number of halogens is 1. The minimum absolute atomic E-state index is 0.00453. The van der Waals surface area contributed by atoms with Crippen LogP contribution in [0.25, 0.3) is 11.4 Å². The van der Waals surface area contributed by atoms with Gasteiger partial charge in [-0.3, -0.25) is 4.79 Å². The summed E-state index contributed by atoms with van der Waals surface area (Å²) in [5, 5.41) is 6.92. The Morgan fingerprint density at radius 2 is 2.00 bits per heavy atom. The average Bonchev–Trinajstić information content (AvgIpc) is 3.15. The van der Waals surface area contributed by atoms with Crippen molar-refractivity contribution in [3.8, 4) is 11.4 Å². The number of thioether (sulfide) groups is 1. The number of hydrogen-bond acceptors (Lipinski definition) is 7.